The summed E-state index contributed by atoms with van der Waals surface area (Å²) >= 11 is 6.16. The van der Waals surface area contributed by atoms with E-state index in [9.17, 15) is 9.59 Å². The van der Waals surface area contributed by atoms with E-state index >= 15 is 0 Å². The number of amides is 2. The van der Waals surface area contributed by atoms with Crippen LogP contribution in [0.5, 0.6) is 0 Å². The molecule has 0 N–H and O–H groups in total. The number of hydrogen-bond donors (Lipinski definition) is 0. The van der Waals surface area contributed by atoms with Crippen LogP contribution in [0.3, 0.4) is 0 Å². The molecule has 0 aliphatic carbocycles. The number of carbonyl (C=O) groups excluding carboxylic acids is 2. The van der Waals surface area contributed by atoms with E-state index in [4.69, 9.17) is 11.6 Å². The molecule has 0 bridgehead atoms. The first kappa shape index (κ1) is 21.7. The molecule has 2 amide bonds. The zero-order valence-electron chi connectivity index (χ0n) is 16.6. The molecule has 1 fully saturated rings. The van der Waals surface area contributed by atoms with Crippen LogP contribution >= 0.6 is 11.6 Å². The van der Waals surface area contributed by atoms with Crippen molar-refractivity contribution in [2.45, 2.75) is 39.5 Å². The molecule has 2 rings (SSSR count). The number of aryl methyl sites for hydroxylation is 1. The first-order valence-electron chi connectivity index (χ1n) is 10.1. The van der Waals surface area contributed by atoms with Crippen LogP contribution in [0.2, 0.25) is 5.02 Å². The summed E-state index contributed by atoms with van der Waals surface area (Å²) in [6.07, 6.45) is 2.70. The lowest BCUT2D eigenvalue weighted by atomic mass is 10.1. The number of hydrogen-bond acceptors (Lipinski definition) is 3. The van der Waals surface area contributed by atoms with Gasteiger partial charge in [0.25, 0.3) is 0 Å². The number of benzene rings is 1. The highest BCUT2D eigenvalue weighted by molar-refractivity contribution is 6.31. The fourth-order valence-electron chi connectivity index (χ4n) is 3.45. The van der Waals surface area contributed by atoms with Crippen molar-refractivity contribution in [2.24, 2.45) is 0 Å². The van der Waals surface area contributed by atoms with Gasteiger partial charge in [0.05, 0.1) is 0 Å². The second-order valence-corrected chi connectivity index (χ2v) is 7.39. The molecule has 27 heavy (non-hydrogen) atoms. The SMILES string of the molecule is CCN(CC)CCC(=O)N1CCN(C(=O)CCCc2ccccc2Cl)CC1. The van der Waals surface area contributed by atoms with E-state index < -0.39 is 0 Å². The van der Waals surface area contributed by atoms with Gasteiger partial charge in [-0.15, -0.1) is 0 Å². The Hall–Kier alpha value is -1.59. The number of halogens is 1. The molecular weight excluding hydrogens is 362 g/mol. The van der Waals surface area contributed by atoms with Crippen LogP contribution in [0.4, 0.5) is 0 Å². The molecule has 1 heterocycles. The van der Waals surface area contributed by atoms with E-state index in [1.165, 1.54) is 0 Å². The molecule has 0 saturated carbocycles. The van der Waals surface area contributed by atoms with Gasteiger partial charge in [0, 0.05) is 50.6 Å². The predicted molar refractivity (Wildman–Crippen MR) is 110 cm³/mol. The first-order valence-corrected chi connectivity index (χ1v) is 10.4. The normalized spacial score (nSPS) is 14.7. The molecule has 0 atom stereocenters. The van der Waals surface area contributed by atoms with Gasteiger partial charge in [-0.05, 0) is 37.6 Å². The van der Waals surface area contributed by atoms with E-state index in [2.05, 4.69) is 18.7 Å². The zero-order chi connectivity index (χ0) is 19.6. The topological polar surface area (TPSA) is 43.9 Å². The lowest BCUT2D eigenvalue weighted by Crippen LogP contribution is -2.51. The molecule has 0 radical (unpaired) electrons. The maximum atomic E-state index is 12.4. The van der Waals surface area contributed by atoms with E-state index in [0.717, 1.165) is 43.1 Å². The smallest absolute Gasteiger partial charge is 0.223 e. The van der Waals surface area contributed by atoms with Crippen molar-refractivity contribution in [1.82, 2.24) is 14.7 Å². The maximum Gasteiger partial charge on any atom is 0.223 e. The summed E-state index contributed by atoms with van der Waals surface area (Å²) in [6.45, 7) is 9.56. The van der Waals surface area contributed by atoms with Crippen LogP contribution < -0.4 is 0 Å². The Kier molecular flexibility index (Phi) is 9.08. The van der Waals surface area contributed by atoms with Gasteiger partial charge in [-0.1, -0.05) is 43.6 Å². The summed E-state index contributed by atoms with van der Waals surface area (Å²) in [7, 11) is 0. The molecule has 0 unspecified atom stereocenters. The summed E-state index contributed by atoms with van der Waals surface area (Å²) in [5.41, 5.74) is 1.09. The largest absolute Gasteiger partial charge is 0.339 e. The van der Waals surface area contributed by atoms with Gasteiger partial charge in [0.15, 0.2) is 0 Å². The van der Waals surface area contributed by atoms with Crippen molar-refractivity contribution in [3.05, 3.63) is 34.9 Å². The van der Waals surface area contributed by atoms with Crippen molar-refractivity contribution in [3.63, 3.8) is 0 Å². The number of piperazine rings is 1. The van der Waals surface area contributed by atoms with Crippen molar-refractivity contribution in [2.75, 3.05) is 45.8 Å². The van der Waals surface area contributed by atoms with Crippen molar-refractivity contribution in [3.8, 4) is 0 Å². The first-order chi connectivity index (χ1) is 13.0. The molecule has 1 aliphatic heterocycles. The quantitative estimate of drug-likeness (QED) is 0.647. The average Bonchev–Trinajstić information content (AvgIpc) is 2.70. The van der Waals surface area contributed by atoms with Gasteiger partial charge in [0.1, 0.15) is 0 Å². The zero-order valence-corrected chi connectivity index (χ0v) is 17.4. The molecule has 1 aromatic rings. The fourth-order valence-corrected chi connectivity index (χ4v) is 3.68. The van der Waals surface area contributed by atoms with Crippen LogP contribution in [0, 0.1) is 0 Å². The molecule has 1 aliphatic rings. The standard InChI is InChI=1S/C21H32ClN3O2/c1-3-23(4-2)13-12-21(27)25-16-14-24(15-17-25)20(26)11-7-9-18-8-5-6-10-19(18)22/h5-6,8,10H,3-4,7,9,11-17H2,1-2H3. The predicted octanol–water partition coefficient (Wildman–Crippen LogP) is 3.07. The van der Waals surface area contributed by atoms with E-state index in [1.54, 1.807) is 0 Å². The highest BCUT2D eigenvalue weighted by Crippen LogP contribution is 2.17. The second-order valence-electron chi connectivity index (χ2n) is 6.98. The van der Waals surface area contributed by atoms with Gasteiger partial charge >= 0.3 is 0 Å². The lowest BCUT2D eigenvalue weighted by Gasteiger charge is -2.35. The summed E-state index contributed by atoms with van der Waals surface area (Å²) in [5.74, 6) is 0.380. The minimum absolute atomic E-state index is 0.178. The Morgan fingerprint density at radius 2 is 1.52 bits per heavy atom. The van der Waals surface area contributed by atoms with E-state index in [-0.39, 0.29) is 11.8 Å². The summed E-state index contributed by atoms with van der Waals surface area (Å²) in [6, 6.07) is 7.78. The molecule has 0 aromatic heterocycles. The van der Waals surface area contributed by atoms with Crippen molar-refractivity contribution in [1.29, 1.82) is 0 Å². The van der Waals surface area contributed by atoms with Gasteiger partial charge in [-0.2, -0.15) is 0 Å². The highest BCUT2D eigenvalue weighted by Gasteiger charge is 2.23. The monoisotopic (exact) mass is 393 g/mol. The van der Waals surface area contributed by atoms with E-state index in [0.29, 0.717) is 39.0 Å². The van der Waals surface area contributed by atoms with Crippen molar-refractivity contribution >= 4 is 23.4 Å². The van der Waals surface area contributed by atoms with Crippen LogP contribution in [0.1, 0.15) is 38.7 Å². The van der Waals surface area contributed by atoms with E-state index in [1.807, 2.05) is 34.1 Å². The molecule has 1 saturated heterocycles. The van der Waals surface area contributed by atoms with Crippen LogP contribution in [0.15, 0.2) is 24.3 Å². The Morgan fingerprint density at radius 3 is 2.07 bits per heavy atom. The lowest BCUT2D eigenvalue weighted by molar-refractivity contribution is -0.139. The Labute approximate surface area is 168 Å². The Bertz CT molecular complexity index is 611. The Balaban J connectivity index is 1.68. The third-order valence-corrected chi connectivity index (χ3v) is 5.68. The van der Waals surface area contributed by atoms with Gasteiger partial charge in [-0.25, -0.2) is 0 Å². The maximum absolute atomic E-state index is 12.4. The summed E-state index contributed by atoms with van der Waals surface area (Å²) in [5, 5.41) is 0.766. The molecule has 6 heteroatoms. The number of nitrogens with zero attached hydrogens (tertiary/aromatic N) is 3. The number of carbonyl (C=O) groups is 2. The molecule has 5 nitrogen and oxygen atoms in total. The molecule has 0 spiro atoms. The van der Waals surface area contributed by atoms with Gasteiger partial charge < -0.3 is 14.7 Å². The van der Waals surface area contributed by atoms with Crippen LogP contribution in [-0.2, 0) is 16.0 Å². The molecule has 1 aromatic carbocycles. The summed E-state index contributed by atoms with van der Waals surface area (Å²) in [4.78, 5) is 30.8. The molecular formula is C21H32ClN3O2. The fraction of sp³-hybridized carbons (Fsp3) is 0.619. The minimum Gasteiger partial charge on any atom is -0.339 e. The molecule has 150 valence electrons. The summed E-state index contributed by atoms with van der Waals surface area (Å²) < 4.78 is 0. The third-order valence-electron chi connectivity index (χ3n) is 5.32. The number of rotatable bonds is 9. The average molecular weight is 394 g/mol. The second kappa shape index (κ2) is 11.3. The van der Waals surface area contributed by atoms with Crippen LogP contribution in [-0.4, -0.2) is 72.3 Å². The third kappa shape index (κ3) is 6.82. The van der Waals surface area contributed by atoms with Crippen LogP contribution in [0.25, 0.3) is 0 Å². The van der Waals surface area contributed by atoms with Gasteiger partial charge in [-0.3, -0.25) is 9.59 Å². The van der Waals surface area contributed by atoms with Crippen molar-refractivity contribution < 1.29 is 9.59 Å². The van der Waals surface area contributed by atoms with Gasteiger partial charge in [0.2, 0.25) is 11.8 Å². The minimum atomic E-state index is 0.178. The Morgan fingerprint density at radius 1 is 0.963 bits per heavy atom. The highest BCUT2D eigenvalue weighted by atomic mass is 35.5.